The smallest absolute Gasteiger partial charge is 0.217 e. The zero-order valence-corrected chi connectivity index (χ0v) is 33.0. The molecular formula is C34H58N2O25. The van der Waals surface area contributed by atoms with Crippen LogP contribution in [0.5, 0.6) is 0 Å². The lowest BCUT2D eigenvalue weighted by Crippen LogP contribution is -2.70. The van der Waals surface area contributed by atoms with Gasteiger partial charge in [-0.25, -0.2) is 0 Å². The summed E-state index contributed by atoms with van der Waals surface area (Å²) in [6.45, 7) is -0.187. The van der Waals surface area contributed by atoms with Gasteiger partial charge in [-0.3, -0.25) is 9.59 Å². The minimum atomic E-state index is -2.13. The summed E-state index contributed by atoms with van der Waals surface area (Å²) in [5.74, 6) is -1.47. The predicted octanol–water partition coefficient (Wildman–Crippen LogP) is -10.6. The molecule has 0 radical (unpaired) electrons. The number of rotatable bonds is 14. The number of aliphatic hydroxyl groups excluding tert-OH is 14. The number of aliphatic hydroxyl groups is 14. The van der Waals surface area contributed by atoms with Crippen molar-refractivity contribution in [2.75, 3.05) is 26.4 Å². The molecule has 2 amide bonds. The molecule has 1 unspecified atom stereocenters. The van der Waals surface area contributed by atoms with E-state index in [1.165, 1.54) is 6.92 Å². The summed E-state index contributed by atoms with van der Waals surface area (Å²) in [4.78, 5) is 24.3. The Morgan fingerprint density at radius 1 is 0.426 bits per heavy atom. The number of nitrogens with one attached hydrogen (secondary N) is 2. The Bertz CT molecular complexity index is 1420. The number of carbonyl (C=O) groups is 2. The highest BCUT2D eigenvalue weighted by atomic mass is 16.8. The van der Waals surface area contributed by atoms with Gasteiger partial charge in [-0.2, -0.15) is 0 Å². The van der Waals surface area contributed by atoms with Gasteiger partial charge in [0.05, 0.1) is 32.5 Å². The van der Waals surface area contributed by atoms with Gasteiger partial charge in [0.25, 0.3) is 0 Å². The molecule has 5 fully saturated rings. The summed E-state index contributed by atoms with van der Waals surface area (Å²) in [5, 5.41) is 154. The molecule has 61 heavy (non-hydrogen) atoms. The van der Waals surface area contributed by atoms with Crippen molar-refractivity contribution in [3.63, 3.8) is 0 Å². The van der Waals surface area contributed by atoms with E-state index in [1.54, 1.807) is 0 Å². The monoisotopic (exact) mass is 894 g/mol. The van der Waals surface area contributed by atoms with E-state index >= 15 is 0 Å². The fraction of sp³-hybridized carbons (Fsp3) is 0.941. The maximum absolute atomic E-state index is 12.5. The van der Waals surface area contributed by atoms with Crippen molar-refractivity contribution < 1.29 is 124 Å². The maximum atomic E-state index is 12.5. The second kappa shape index (κ2) is 21.3. The highest BCUT2D eigenvalue weighted by Gasteiger charge is 2.57. The van der Waals surface area contributed by atoms with Crippen LogP contribution in [-0.4, -0.2) is 263 Å². The molecule has 5 heterocycles. The Morgan fingerprint density at radius 2 is 0.820 bits per heavy atom. The lowest BCUT2D eigenvalue weighted by atomic mass is 9.94. The Kier molecular flexibility index (Phi) is 17.5. The van der Waals surface area contributed by atoms with Crippen LogP contribution >= 0.6 is 0 Å². The fourth-order valence-corrected chi connectivity index (χ4v) is 7.77. The molecule has 5 aliphatic heterocycles. The molecule has 0 spiro atoms. The van der Waals surface area contributed by atoms with E-state index in [0.717, 1.165) is 13.8 Å². The Balaban J connectivity index is 1.36. The average Bonchev–Trinajstić information content (AvgIpc) is 3.21. The largest absolute Gasteiger partial charge is 0.394 e. The number of amides is 2. The van der Waals surface area contributed by atoms with E-state index in [0.29, 0.717) is 0 Å². The third-order valence-corrected chi connectivity index (χ3v) is 11.1. The fourth-order valence-electron chi connectivity index (χ4n) is 7.77. The van der Waals surface area contributed by atoms with Crippen LogP contribution in [0.1, 0.15) is 20.8 Å². The first-order chi connectivity index (χ1) is 28.8. The van der Waals surface area contributed by atoms with Gasteiger partial charge in [0, 0.05) is 13.8 Å². The lowest BCUT2D eigenvalue weighted by Gasteiger charge is -2.50. The number of carbonyl (C=O) groups excluding carboxylic acids is 2. The second-order valence-corrected chi connectivity index (χ2v) is 15.4. The highest BCUT2D eigenvalue weighted by Crippen LogP contribution is 2.35. The molecule has 5 aliphatic rings. The van der Waals surface area contributed by atoms with Crippen LogP contribution < -0.4 is 10.6 Å². The molecule has 354 valence electrons. The first-order valence-electron chi connectivity index (χ1n) is 19.5. The van der Waals surface area contributed by atoms with Crippen molar-refractivity contribution in [1.29, 1.82) is 0 Å². The minimum absolute atomic E-state index is 0.701. The van der Waals surface area contributed by atoms with Crippen molar-refractivity contribution in [2.45, 2.75) is 174 Å². The topological polar surface area (TPSA) is 424 Å². The standard InChI is InChI=1S/C34H58N2O25/c1-8-17(43)21(47)23(49)32(53-8)60-28-16(36-10(3)42)31(55-12(5-38)19(28)45)61-29-20(46)13(6-39)56-34(25(29)51)58-26-14(7-40)57-33(24(50)22(26)48)59-27-15(35-9(2)41)30(52)54-11(4-37)18(27)44/h8,11-34,37-40,43-52H,4-7H2,1-3H3,(H,35,41)(H,36,42)/t8-,11+,12+,13+,14+,15+,16+,17+,18-,19-,20-,21+,22+,23-,24+,25+,26-,27+,28+,29-,30?,31-,32-,33-,34-/m0/s1. The second-order valence-electron chi connectivity index (χ2n) is 15.4. The molecule has 16 N–H and O–H groups in total. The summed E-state index contributed by atoms with van der Waals surface area (Å²) in [6.07, 6.45) is -40.9. The van der Waals surface area contributed by atoms with Crippen molar-refractivity contribution in [2.24, 2.45) is 0 Å². The van der Waals surface area contributed by atoms with Crippen molar-refractivity contribution in [3.05, 3.63) is 0 Å². The van der Waals surface area contributed by atoms with Crippen LogP contribution in [0.3, 0.4) is 0 Å². The summed E-state index contributed by atoms with van der Waals surface area (Å²) < 4.78 is 50.9. The van der Waals surface area contributed by atoms with Gasteiger partial charge < -0.3 is 125 Å². The molecule has 0 aromatic heterocycles. The summed E-state index contributed by atoms with van der Waals surface area (Å²) >= 11 is 0. The zero-order chi connectivity index (χ0) is 45.2. The average molecular weight is 895 g/mol. The molecule has 27 nitrogen and oxygen atoms in total. The van der Waals surface area contributed by atoms with E-state index in [2.05, 4.69) is 10.6 Å². The third kappa shape index (κ3) is 10.8. The number of hydrogen-bond acceptors (Lipinski definition) is 25. The summed E-state index contributed by atoms with van der Waals surface area (Å²) in [7, 11) is 0. The molecule has 0 aromatic rings. The van der Waals surface area contributed by atoms with Gasteiger partial charge in [-0.1, -0.05) is 0 Å². The highest BCUT2D eigenvalue weighted by molar-refractivity contribution is 5.73. The Hall–Kier alpha value is -1.98. The van der Waals surface area contributed by atoms with Crippen LogP contribution in [0.2, 0.25) is 0 Å². The van der Waals surface area contributed by atoms with E-state index in [4.69, 9.17) is 42.6 Å². The normalized spacial score (nSPS) is 49.6. The van der Waals surface area contributed by atoms with Crippen molar-refractivity contribution >= 4 is 11.8 Å². The van der Waals surface area contributed by atoms with Gasteiger partial charge in [-0.15, -0.1) is 0 Å². The number of ether oxygens (including phenoxy) is 9. The lowest BCUT2D eigenvalue weighted by molar-refractivity contribution is -0.385. The van der Waals surface area contributed by atoms with E-state index in [9.17, 15) is 81.1 Å². The van der Waals surface area contributed by atoms with Crippen LogP contribution in [0.15, 0.2) is 0 Å². The quantitative estimate of drug-likeness (QED) is 0.0770. The van der Waals surface area contributed by atoms with Gasteiger partial charge in [0.15, 0.2) is 31.5 Å². The van der Waals surface area contributed by atoms with E-state index < -0.39 is 192 Å². The molecule has 0 aromatic carbocycles. The molecule has 0 saturated carbocycles. The van der Waals surface area contributed by atoms with Crippen LogP contribution in [-0.2, 0) is 52.2 Å². The van der Waals surface area contributed by atoms with Gasteiger partial charge in [0.1, 0.15) is 116 Å². The summed E-state index contributed by atoms with van der Waals surface area (Å²) in [6, 6.07) is -3.12. The number of hydrogen-bond donors (Lipinski definition) is 16. The van der Waals surface area contributed by atoms with Crippen molar-refractivity contribution in [3.8, 4) is 0 Å². The first kappa shape index (κ1) is 50.0. The van der Waals surface area contributed by atoms with E-state index in [-0.39, 0.29) is 0 Å². The molecule has 27 heteroatoms. The summed E-state index contributed by atoms with van der Waals surface area (Å²) in [5.41, 5.74) is 0. The zero-order valence-electron chi connectivity index (χ0n) is 33.0. The predicted molar refractivity (Wildman–Crippen MR) is 188 cm³/mol. The van der Waals surface area contributed by atoms with Crippen LogP contribution in [0.4, 0.5) is 0 Å². The first-order valence-corrected chi connectivity index (χ1v) is 19.5. The van der Waals surface area contributed by atoms with Gasteiger partial charge in [-0.05, 0) is 6.92 Å². The van der Waals surface area contributed by atoms with Crippen LogP contribution in [0.25, 0.3) is 0 Å². The van der Waals surface area contributed by atoms with Crippen molar-refractivity contribution in [1.82, 2.24) is 10.6 Å². The Morgan fingerprint density at radius 3 is 1.36 bits per heavy atom. The third-order valence-electron chi connectivity index (χ3n) is 11.1. The van der Waals surface area contributed by atoms with Gasteiger partial charge >= 0.3 is 0 Å². The maximum Gasteiger partial charge on any atom is 0.217 e. The van der Waals surface area contributed by atoms with Crippen LogP contribution in [0, 0.1) is 0 Å². The van der Waals surface area contributed by atoms with Gasteiger partial charge in [0.2, 0.25) is 11.8 Å². The molecule has 0 aliphatic carbocycles. The SMILES string of the molecule is CC(=O)N[C@H]1[C@H](O[C@H]2[C@@H](O)[C@@H](CO)O[C@@H](O[C@@H]3[C@H](O)[C@@H](O)[C@H](O[C@H]4[C@@H](O)[C@@H](CO)OC(O)[C@@H]4NC(C)=O)O[C@@H]3CO)[C@@H]2O)O[C@H](CO)[C@H](O)[C@@H]1O[C@@H]1O[C@@H](C)[C@@H](O)[C@@H](O)[C@@H]1O. The Labute approximate surface area is 346 Å². The minimum Gasteiger partial charge on any atom is -0.394 e. The molecular weight excluding hydrogens is 836 g/mol. The molecule has 0 bridgehead atoms. The molecule has 5 rings (SSSR count). The molecule has 25 atom stereocenters. The van der Waals surface area contributed by atoms with E-state index in [1.807, 2.05) is 0 Å². The molecule has 5 saturated heterocycles.